The van der Waals surface area contributed by atoms with Crippen LogP contribution in [0.4, 0.5) is 18.0 Å². The van der Waals surface area contributed by atoms with Crippen LogP contribution in [0.1, 0.15) is 23.9 Å². The van der Waals surface area contributed by atoms with Crippen LogP contribution in [0.25, 0.3) is 0 Å². The number of nitrogens with zero attached hydrogens (tertiary/aromatic N) is 2. The predicted molar refractivity (Wildman–Crippen MR) is 89.5 cm³/mol. The van der Waals surface area contributed by atoms with Gasteiger partial charge in [-0.1, -0.05) is 28.9 Å². The molecule has 0 bridgehead atoms. The first-order valence-corrected chi connectivity index (χ1v) is 7.70. The summed E-state index contributed by atoms with van der Waals surface area (Å²) >= 11 is 5.89. The van der Waals surface area contributed by atoms with Crippen LogP contribution in [0.2, 0.25) is 5.02 Å². The summed E-state index contributed by atoms with van der Waals surface area (Å²) in [5.41, 5.74) is 1.61. The normalized spacial score (nSPS) is 11.8. The van der Waals surface area contributed by atoms with Gasteiger partial charge in [-0.15, -0.1) is 0 Å². The van der Waals surface area contributed by atoms with Gasteiger partial charge >= 0.3 is 12.3 Å². The minimum Gasteiger partial charge on any atom is -0.463 e. The zero-order valence-electron chi connectivity index (χ0n) is 13.7. The standard InChI is InChI=1S/C16H13ClF3N3O4/c1-9(10-5-6-12(17)13(7-10)27-23-15(24)25)22-26-8-11-3-2-4-14(21-11)16(18,19)20/h2-7,23H,8H2,1H3,(H,24,25). The molecule has 0 aliphatic carbocycles. The van der Waals surface area contributed by atoms with Gasteiger partial charge in [0.2, 0.25) is 0 Å². The van der Waals surface area contributed by atoms with Gasteiger partial charge in [0.1, 0.15) is 5.69 Å². The highest BCUT2D eigenvalue weighted by Gasteiger charge is 2.32. The molecule has 1 aromatic carbocycles. The molecule has 7 nitrogen and oxygen atoms in total. The number of alkyl halides is 3. The average Bonchev–Trinajstić information content (AvgIpc) is 2.60. The van der Waals surface area contributed by atoms with Gasteiger partial charge in [0.25, 0.3) is 0 Å². The molecule has 1 aromatic heterocycles. The van der Waals surface area contributed by atoms with E-state index >= 15 is 0 Å². The zero-order chi connectivity index (χ0) is 20.0. The molecule has 0 spiro atoms. The number of amides is 1. The van der Waals surface area contributed by atoms with Gasteiger partial charge in [0.05, 0.1) is 16.4 Å². The molecule has 0 aliphatic rings. The molecule has 2 aromatic rings. The van der Waals surface area contributed by atoms with Crippen LogP contribution in [0.5, 0.6) is 5.75 Å². The van der Waals surface area contributed by atoms with E-state index in [1.807, 2.05) is 0 Å². The van der Waals surface area contributed by atoms with Crippen molar-refractivity contribution < 1.29 is 32.7 Å². The Kier molecular flexibility index (Phi) is 6.45. The molecule has 0 aliphatic heterocycles. The van der Waals surface area contributed by atoms with E-state index in [9.17, 15) is 18.0 Å². The summed E-state index contributed by atoms with van der Waals surface area (Å²) in [6.07, 6.45) is -5.95. The summed E-state index contributed by atoms with van der Waals surface area (Å²) < 4.78 is 37.9. The number of carboxylic acid groups (broad SMARTS) is 1. The highest BCUT2D eigenvalue weighted by Crippen LogP contribution is 2.27. The van der Waals surface area contributed by atoms with Crippen molar-refractivity contribution in [2.24, 2.45) is 5.16 Å². The molecule has 1 heterocycles. The van der Waals surface area contributed by atoms with Crippen molar-refractivity contribution in [1.82, 2.24) is 10.5 Å². The topological polar surface area (TPSA) is 93.0 Å². The summed E-state index contributed by atoms with van der Waals surface area (Å²) in [5.74, 6) is 0.0469. The van der Waals surface area contributed by atoms with E-state index in [-0.39, 0.29) is 23.1 Å². The summed E-state index contributed by atoms with van der Waals surface area (Å²) in [4.78, 5) is 23.8. The summed E-state index contributed by atoms with van der Waals surface area (Å²) in [6, 6.07) is 7.93. The largest absolute Gasteiger partial charge is 0.463 e. The Balaban J connectivity index is 2.05. The number of oxime groups is 1. The Morgan fingerprint density at radius 3 is 2.74 bits per heavy atom. The summed E-state index contributed by atoms with van der Waals surface area (Å²) in [5, 5.41) is 12.5. The molecule has 0 unspecified atom stereocenters. The minimum absolute atomic E-state index is 0.0469. The quantitative estimate of drug-likeness (QED) is 0.555. The molecule has 0 fully saturated rings. The smallest absolute Gasteiger partial charge is 0.438 e. The highest BCUT2D eigenvalue weighted by atomic mass is 35.5. The number of hydrogen-bond acceptors (Lipinski definition) is 5. The Hall–Kier alpha value is -3.01. The SMILES string of the molecule is CC(=NOCc1cccc(C(F)(F)F)n1)c1ccc(Cl)c(ONC(=O)O)c1. The lowest BCUT2D eigenvalue weighted by Gasteiger charge is -2.09. The Labute approximate surface area is 156 Å². The van der Waals surface area contributed by atoms with E-state index in [2.05, 4.69) is 10.1 Å². The van der Waals surface area contributed by atoms with Crippen LogP contribution < -0.4 is 10.3 Å². The lowest BCUT2D eigenvalue weighted by molar-refractivity contribution is -0.141. The van der Waals surface area contributed by atoms with Crippen molar-refractivity contribution in [3.8, 4) is 5.75 Å². The fourth-order valence-corrected chi connectivity index (χ4v) is 2.03. The van der Waals surface area contributed by atoms with Crippen molar-refractivity contribution in [1.29, 1.82) is 0 Å². The molecule has 0 radical (unpaired) electrons. The van der Waals surface area contributed by atoms with Crippen LogP contribution in [-0.2, 0) is 17.6 Å². The molecule has 1 amide bonds. The number of benzene rings is 1. The highest BCUT2D eigenvalue weighted by molar-refractivity contribution is 6.32. The molecule has 0 saturated carbocycles. The van der Waals surface area contributed by atoms with E-state index in [0.717, 1.165) is 6.07 Å². The first kappa shape index (κ1) is 20.3. The van der Waals surface area contributed by atoms with Crippen LogP contribution in [0, 0.1) is 0 Å². The van der Waals surface area contributed by atoms with Gasteiger partial charge in [-0.25, -0.2) is 9.78 Å². The van der Waals surface area contributed by atoms with Crippen LogP contribution in [0.3, 0.4) is 0 Å². The first-order valence-electron chi connectivity index (χ1n) is 7.32. The molecular weight excluding hydrogens is 391 g/mol. The first-order chi connectivity index (χ1) is 12.7. The molecule has 2 N–H and O–H groups in total. The number of halogens is 4. The molecular formula is C16H13ClF3N3O4. The number of carbonyl (C=O) groups is 1. The van der Waals surface area contributed by atoms with Crippen molar-refractivity contribution in [2.45, 2.75) is 19.7 Å². The molecule has 11 heteroatoms. The average molecular weight is 404 g/mol. The maximum atomic E-state index is 12.6. The van der Waals surface area contributed by atoms with Gasteiger partial charge < -0.3 is 14.8 Å². The summed E-state index contributed by atoms with van der Waals surface area (Å²) in [6.45, 7) is 1.32. The molecule has 27 heavy (non-hydrogen) atoms. The third-order valence-electron chi connectivity index (χ3n) is 3.11. The Morgan fingerprint density at radius 2 is 2.07 bits per heavy atom. The monoisotopic (exact) mass is 403 g/mol. The maximum absolute atomic E-state index is 12.6. The van der Waals surface area contributed by atoms with E-state index in [4.69, 9.17) is 26.4 Å². The number of hydroxylamine groups is 1. The minimum atomic E-state index is -4.54. The van der Waals surface area contributed by atoms with Gasteiger partial charge in [0.15, 0.2) is 12.4 Å². The predicted octanol–water partition coefficient (Wildman–Crippen LogP) is 4.26. The van der Waals surface area contributed by atoms with Crippen LogP contribution in [0.15, 0.2) is 41.6 Å². The fourth-order valence-electron chi connectivity index (χ4n) is 1.87. The third kappa shape index (κ3) is 6.03. The lowest BCUT2D eigenvalue weighted by atomic mass is 10.1. The summed E-state index contributed by atoms with van der Waals surface area (Å²) in [7, 11) is 0. The number of pyridine rings is 1. The van der Waals surface area contributed by atoms with Crippen molar-refractivity contribution in [3.05, 3.63) is 58.4 Å². The fraction of sp³-hybridized carbons (Fsp3) is 0.188. The Morgan fingerprint density at radius 1 is 1.33 bits per heavy atom. The number of hydrogen-bond donors (Lipinski definition) is 2. The Bertz CT molecular complexity index is 859. The molecule has 0 atom stereocenters. The van der Waals surface area contributed by atoms with E-state index in [1.54, 1.807) is 18.5 Å². The van der Waals surface area contributed by atoms with E-state index in [0.29, 0.717) is 11.3 Å². The van der Waals surface area contributed by atoms with Gasteiger partial charge in [-0.2, -0.15) is 18.7 Å². The van der Waals surface area contributed by atoms with E-state index < -0.39 is 18.0 Å². The lowest BCUT2D eigenvalue weighted by Crippen LogP contribution is -2.24. The second-order valence-corrected chi connectivity index (χ2v) is 5.52. The van der Waals surface area contributed by atoms with Gasteiger partial charge in [-0.3, -0.25) is 0 Å². The second kappa shape index (κ2) is 8.58. The third-order valence-corrected chi connectivity index (χ3v) is 3.42. The van der Waals surface area contributed by atoms with Gasteiger partial charge in [-0.05, 0) is 31.2 Å². The second-order valence-electron chi connectivity index (χ2n) is 5.12. The molecule has 144 valence electrons. The number of nitrogens with one attached hydrogen (secondary N) is 1. The molecule has 0 saturated heterocycles. The number of aromatic nitrogens is 1. The van der Waals surface area contributed by atoms with Gasteiger partial charge in [0, 0.05) is 5.56 Å². The zero-order valence-corrected chi connectivity index (χ0v) is 14.5. The van der Waals surface area contributed by atoms with Crippen molar-refractivity contribution in [3.63, 3.8) is 0 Å². The van der Waals surface area contributed by atoms with Crippen LogP contribution >= 0.6 is 11.6 Å². The van der Waals surface area contributed by atoms with Crippen LogP contribution in [-0.4, -0.2) is 21.9 Å². The number of rotatable bonds is 6. The maximum Gasteiger partial charge on any atom is 0.438 e. The van der Waals surface area contributed by atoms with Crippen molar-refractivity contribution >= 4 is 23.4 Å². The van der Waals surface area contributed by atoms with E-state index in [1.165, 1.54) is 24.3 Å². The van der Waals surface area contributed by atoms with Crippen molar-refractivity contribution in [2.75, 3.05) is 0 Å². The molecule has 2 rings (SSSR count).